The third-order valence-electron chi connectivity index (χ3n) is 1.90. The normalized spacial score (nSPS) is 11.8. The highest BCUT2D eigenvalue weighted by atomic mass is 19.2. The van der Waals surface area contributed by atoms with Crippen molar-refractivity contribution >= 4 is 17.6 Å². The molecule has 0 saturated heterocycles. The number of carbonyl (C=O) groups is 2. The lowest BCUT2D eigenvalue weighted by Gasteiger charge is -2.12. The van der Waals surface area contributed by atoms with Crippen molar-refractivity contribution in [2.75, 3.05) is 5.32 Å². The summed E-state index contributed by atoms with van der Waals surface area (Å²) in [5.41, 5.74) is 0.0907. The molecule has 1 aromatic rings. The molecule has 0 aliphatic rings. The molecule has 0 radical (unpaired) electrons. The molecule has 1 N–H and O–H groups in total. The molecule has 6 heteroatoms. The van der Waals surface area contributed by atoms with Crippen LogP contribution in [0.1, 0.15) is 13.8 Å². The van der Waals surface area contributed by atoms with Gasteiger partial charge in [-0.1, -0.05) is 0 Å². The monoisotopic (exact) mass is 243 g/mol. The van der Waals surface area contributed by atoms with Crippen LogP contribution < -0.4 is 5.32 Å². The second kappa shape index (κ2) is 5.38. The van der Waals surface area contributed by atoms with Crippen molar-refractivity contribution in [3.8, 4) is 0 Å². The minimum absolute atomic E-state index is 0.0907. The number of benzene rings is 1. The van der Waals surface area contributed by atoms with E-state index in [-0.39, 0.29) is 5.69 Å². The van der Waals surface area contributed by atoms with Crippen molar-refractivity contribution in [1.29, 1.82) is 0 Å². The molecule has 4 nitrogen and oxygen atoms in total. The molecule has 1 atom stereocenters. The number of ether oxygens (including phenoxy) is 1. The fourth-order valence-corrected chi connectivity index (χ4v) is 1.12. The lowest BCUT2D eigenvalue weighted by Crippen LogP contribution is -2.29. The van der Waals surface area contributed by atoms with Gasteiger partial charge in [0.2, 0.25) is 0 Å². The zero-order valence-electron chi connectivity index (χ0n) is 9.29. The van der Waals surface area contributed by atoms with Crippen molar-refractivity contribution in [3.63, 3.8) is 0 Å². The van der Waals surface area contributed by atoms with Crippen LogP contribution in [0.15, 0.2) is 18.2 Å². The Bertz CT molecular complexity index is 448. The first-order valence-corrected chi connectivity index (χ1v) is 4.83. The van der Waals surface area contributed by atoms with Gasteiger partial charge in [0, 0.05) is 18.7 Å². The van der Waals surface area contributed by atoms with E-state index in [2.05, 4.69) is 10.1 Å². The Labute approximate surface area is 96.6 Å². The lowest BCUT2D eigenvalue weighted by atomic mass is 10.3. The maximum atomic E-state index is 12.8. The van der Waals surface area contributed by atoms with Crippen molar-refractivity contribution in [1.82, 2.24) is 0 Å². The van der Waals surface area contributed by atoms with Gasteiger partial charge in [-0.05, 0) is 19.1 Å². The topological polar surface area (TPSA) is 55.4 Å². The molecule has 0 saturated carbocycles. The van der Waals surface area contributed by atoms with Crippen LogP contribution in [-0.2, 0) is 14.3 Å². The van der Waals surface area contributed by atoms with Gasteiger partial charge < -0.3 is 10.1 Å². The molecule has 92 valence electrons. The molecule has 0 aromatic heterocycles. The Balaban J connectivity index is 2.67. The average molecular weight is 243 g/mol. The molecule has 1 amide bonds. The Hall–Kier alpha value is -1.98. The van der Waals surface area contributed by atoms with E-state index in [0.29, 0.717) is 0 Å². The number of nitrogens with one attached hydrogen (secondary N) is 1. The number of halogens is 2. The lowest BCUT2D eigenvalue weighted by molar-refractivity contribution is -0.150. The number of hydrogen-bond acceptors (Lipinski definition) is 3. The van der Waals surface area contributed by atoms with E-state index < -0.39 is 29.6 Å². The summed E-state index contributed by atoms with van der Waals surface area (Å²) < 4.78 is 30.1. The third-order valence-corrected chi connectivity index (χ3v) is 1.90. The molecule has 0 aliphatic heterocycles. The fourth-order valence-electron chi connectivity index (χ4n) is 1.12. The standard InChI is InChI=1S/C11H11F2NO3/c1-6(17-7(2)15)11(16)14-8-3-4-9(12)10(13)5-8/h3-6H,1-2H3,(H,14,16)/t6-/m0/s1. The highest BCUT2D eigenvalue weighted by molar-refractivity contribution is 5.94. The summed E-state index contributed by atoms with van der Waals surface area (Å²) in [4.78, 5) is 22.0. The van der Waals surface area contributed by atoms with Crippen LogP contribution in [0.2, 0.25) is 0 Å². The molecule has 1 aromatic carbocycles. The molecule has 17 heavy (non-hydrogen) atoms. The predicted octanol–water partition coefficient (Wildman–Crippen LogP) is 1.85. The summed E-state index contributed by atoms with van der Waals surface area (Å²) in [6.45, 7) is 2.54. The first-order chi connectivity index (χ1) is 7.90. The summed E-state index contributed by atoms with van der Waals surface area (Å²) in [6.07, 6.45) is -0.999. The second-order valence-corrected chi connectivity index (χ2v) is 3.37. The molecule has 0 unspecified atom stereocenters. The van der Waals surface area contributed by atoms with Crippen molar-refractivity contribution < 1.29 is 23.1 Å². The van der Waals surface area contributed by atoms with Gasteiger partial charge in [0.25, 0.3) is 5.91 Å². The van der Waals surface area contributed by atoms with Gasteiger partial charge >= 0.3 is 5.97 Å². The number of esters is 1. The molecular weight excluding hydrogens is 232 g/mol. The molecule has 0 fully saturated rings. The van der Waals surface area contributed by atoms with Crippen molar-refractivity contribution in [2.24, 2.45) is 0 Å². The first-order valence-electron chi connectivity index (χ1n) is 4.83. The van der Waals surface area contributed by atoms with E-state index in [1.807, 2.05) is 0 Å². The average Bonchev–Trinajstić information content (AvgIpc) is 2.22. The molecule has 0 heterocycles. The van der Waals surface area contributed by atoms with Crippen molar-refractivity contribution in [2.45, 2.75) is 20.0 Å². The van der Waals surface area contributed by atoms with E-state index in [0.717, 1.165) is 12.1 Å². The first kappa shape index (κ1) is 13.1. The van der Waals surface area contributed by atoms with Gasteiger partial charge in [-0.3, -0.25) is 9.59 Å². The van der Waals surface area contributed by atoms with E-state index in [9.17, 15) is 18.4 Å². The molecule has 0 bridgehead atoms. The largest absolute Gasteiger partial charge is 0.453 e. The van der Waals surface area contributed by atoms with E-state index in [1.54, 1.807) is 0 Å². The Kier molecular flexibility index (Phi) is 4.14. The molecule has 0 aliphatic carbocycles. The Morgan fingerprint density at radius 3 is 2.47 bits per heavy atom. The van der Waals surface area contributed by atoms with Crippen LogP contribution in [-0.4, -0.2) is 18.0 Å². The van der Waals surface area contributed by atoms with Crippen LogP contribution in [0.4, 0.5) is 14.5 Å². The quantitative estimate of drug-likeness (QED) is 0.824. The number of rotatable bonds is 3. The zero-order chi connectivity index (χ0) is 13.0. The summed E-state index contributed by atoms with van der Waals surface area (Å²) in [6, 6.07) is 2.94. The van der Waals surface area contributed by atoms with Gasteiger partial charge in [-0.15, -0.1) is 0 Å². The van der Waals surface area contributed by atoms with Gasteiger partial charge in [0.15, 0.2) is 17.7 Å². The molecule has 0 spiro atoms. The minimum atomic E-state index is -1.07. The SMILES string of the molecule is CC(=O)O[C@@H](C)C(=O)Nc1ccc(F)c(F)c1. The number of amides is 1. The van der Waals surface area contributed by atoms with Gasteiger partial charge in [0.1, 0.15) is 0 Å². The highest BCUT2D eigenvalue weighted by Gasteiger charge is 2.16. The molecular formula is C11H11F2NO3. The summed E-state index contributed by atoms with van der Waals surface area (Å²) in [5, 5.41) is 2.29. The third kappa shape index (κ3) is 3.82. The zero-order valence-corrected chi connectivity index (χ0v) is 9.29. The van der Waals surface area contributed by atoms with Crippen LogP contribution >= 0.6 is 0 Å². The Morgan fingerprint density at radius 1 is 1.29 bits per heavy atom. The minimum Gasteiger partial charge on any atom is -0.453 e. The fraction of sp³-hybridized carbons (Fsp3) is 0.273. The van der Waals surface area contributed by atoms with E-state index >= 15 is 0 Å². The van der Waals surface area contributed by atoms with Gasteiger partial charge in [-0.25, -0.2) is 8.78 Å². The van der Waals surface area contributed by atoms with Gasteiger partial charge in [-0.2, -0.15) is 0 Å². The number of anilines is 1. The second-order valence-electron chi connectivity index (χ2n) is 3.37. The van der Waals surface area contributed by atoms with E-state index in [1.165, 1.54) is 19.9 Å². The van der Waals surface area contributed by atoms with Crippen molar-refractivity contribution in [3.05, 3.63) is 29.8 Å². The van der Waals surface area contributed by atoms with Crippen LogP contribution in [0, 0.1) is 11.6 Å². The summed E-state index contributed by atoms with van der Waals surface area (Å²) in [5.74, 6) is -3.29. The molecule has 1 rings (SSSR count). The summed E-state index contributed by atoms with van der Waals surface area (Å²) >= 11 is 0. The van der Waals surface area contributed by atoms with Crippen LogP contribution in [0.5, 0.6) is 0 Å². The summed E-state index contributed by atoms with van der Waals surface area (Å²) in [7, 11) is 0. The van der Waals surface area contributed by atoms with Gasteiger partial charge in [0.05, 0.1) is 0 Å². The van der Waals surface area contributed by atoms with E-state index in [4.69, 9.17) is 0 Å². The Morgan fingerprint density at radius 2 is 1.94 bits per heavy atom. The smallest absolute Gasteiger partial charge is 0.303 e. The predicted molar refractivity (Wildman–Crippen MR) is 56.2 cm³/mol. The van der Waals surface area contributed by atoms with Crippen LogP contribution in [0.25, 0.3) is 0 Å². The van der Waals surface area contributed by atoms with Crippen LogP contribution in [0.3, 0.4) is 0 Å². The maximum Gasteiger partial charge on any atom is 0.303 e. The highest BCUT2D eigenvalue weighted by Crippen LogP contribution is 2.13. The number of hydrogen-bond donors (Lipinski definition) is 1. The maximum absolute atomic E-state index is 12.8. The number of carbonyl (C=O) groups excluding carboxylic acids is 2.